The van der Waals surface area contributed by atoms with Gasteiger partial charge in [-0.3, -0.25) is 4.98 Å². The molecule has 0 aliphatic heterocycles. The highest BCUT2D eigenvalue weighted by molar-refractivity contribution is 5.54. The number of aliphatic hydroxyl groups is 1. The first-order valence-corrected chi connectivity index (χ1v) is 9.05. The Morgan fingerprint density at radius 3 is 2.72 bits per heavy atom. The van der Waals surface area contributed by atoms with E-state index in [0.717, 1.165) is 24.9 Å². The molecule has 0 amide bonds. The van der Waals surface area contributed by atoms with Crippen LogP contribution in [0.4, 0.5) is 24.9 Å². The summed E-state index contributed by atoms with van der Waals surface area (Å²) in [6.45, 7) is 3.94. The van der Waals surface area contributed by atoms with Crippen LogP contribution in [0.15, 0.2) is 24.7 Å². The standard InChI is InChI=1S/C19H21F3N6O/c1-18(2)13(10-29)5-15(18)27-16-11(6-23)8-25-17(28-16)26-9-12-7-24-4-3-14(12)19(20,21)22/h3-4,7-8,13,15,29H,5,9-10H2,1-2H3,(H2,25,26,27,28)/t13-,15+/m0/s1. The second kappa shape index (κ2) is 7.83. The van der Waals surface area contributed by atoms with Gasteiger partial charge >= 0.3 is 6.18 Å². The average molecular weight is 406 g/mol. The van der Waals surface area contributed by atoms with Crippen LogP contribution in [-0.2, 0) is 12.7 Å². The first kappa shape index (κ1) is 20.8. The Morgan fingerprint density at radius 2 is 2.10 bits per heavy atom. The van der Waals surface area contributed by atoms with Gasteiger partial charge in [-0.15, -0.1) is 0 Å². The van der Waals surface area contributed by atoms with E-state index >= 15 is 0 Å². The molecule has 0 bridgehead atoms. The van der Waals surface area contributed by atoms with Gasteiger partial charge in [-0.05, 0) is 23.8 Å². The lowest BCUT2D eigenvalue weighted by molar-refractivity contribution is -0.138. The topological polar surface area (TPSA) is 107 Å². The number of aromatic nitrogens is 3. The molecule has 0 aromatic carbocycles. The summed E-state index contributed by atoms with van der Waals surface area (Å²) >= 11 is 0. The largest absolute Gasteiger partial charge is 0.416 e. The van der Waals surface area contributed by atoms with Crippen LogP contribution in [0.25, 0.3) is 0 Å². The Labute approximate surface area is 166 Å². The summed E-state index contributed by atoms with van der Waals surface area (Å²) in [5.74, 6) is 0.553. The summed E-state index contributed by atoms with van der Waals surface area (Å²) in [7, 11) is 0. The lowest BCUT2D eigenvalue weighted by Gasteiger charge is -2.52. The van der Waals surface area contributed by atoms with Crippen LogP contribution in [0, 0.1) is 22.7 Å². The molecule has 2 aromatic heterocycles. The predicted octanol–water partition coefficient (Wildman–Crippen LogP) is 3.19. The van der Waals surface area contributed by atoms with E-state index in [4.69, 9.17) is 0 Å². The van der Waals surface area contributed by atoms with Crippen LogP contribution < -0.4 is 10.6 Å². The SMILES string of the molecule is CC1(C)[C@H](CO)C[C@H]1Nc1nc(NCc2cnccc2C(F)(F)F)ncc1C#N. The number of rotatable bonds is 6. The maximum atomic E-state index is 13.1. The van der Waals surface area contributed by atoms with Crippen LogP contribution in [0.2, 0.25) is 0 Å². The molecular weight excluding hydrogens is 385 g/mol. The number of hydrogen-bond donors (Lipinski definition) is 3. The highest BCUT2D eigenvalue weighted by atomic mass is 19.4. The minimum atomic E-state index is -4.49. The molecule has 154 valence electrons. The van der Waals surface area contributed by atoms with E-state index in [-0.39, 0.29) is 47.6 Å². The van der Waals surface area contributed by atoms with E-state index in [1.54, 1.807) is 0 Å². The normalized spacial score (nSPS) is 20.4. The van der Waals surface area contributed by atoms with E-state index in [9.17, 15) is 23.5 Å². The fourth-order valence-electron chi connectivity index (χ4n) is 3.41. The van der Waals surface area contributed by atoms with Gasteiger partial charge in [0.25, 0.3) is 0 Å². The average Bonchev–Trinajstić information content (AvgIpc) is 2.68. The summed E-state index contributed by atoms with van der Waals surface area (Å²) in [5, 5.41) is 24.7. The molecule has 1 saturated carbocycles. The summed E-state index contributed by atoms with van der Waals surface area (Å²) in [6, 6.07) is 2.93. The lowest BCUT2D eigenvalue weighted by atomic mass is 9.59. The van der Waals surface area contributed by atoms with Gasteiger partial charge in [-0.25, -0.2) is 4.98 Å². The van der Waals surface area contributed by atoms with Crippen molar-refractivity contribution in [2.24, 2.45) is 11.3 Å². The smallest absolute Gasteiger partial charge is 0.396 e. The Morgan fingerprint density at radius 1 is 1.34 bits per heavy atom. The summed E-state index contributed by atoms with van der Waals surface area (Å²) in [4.78, 5) is 12.0. The van der Waals surface area contributed by atoms with Crippen molar-refractivity contribution >= 4 is 11.8 Å². The second-order valence-corrected chi connectivity index (χ2v) is 7.59. The van der Waals surface area contributed by atoms with E-state index in [2.05, 4.69) is 25.6 Å². The molecule has 3 rings (SSSR count). The molecule has 2 heterocycles. The Kier molecular flexibility index (Phi) is 5.61. The third kappa shape index (κ3) is 4.24. The van der Waals surface area contributed by atoms with Gasteiger partial charge in [0.2, 0.25) is 5.95 Å². The Hall–Kier alpha value is -2.93. The number of alkyl halides is 3. The van der Waals surface area contributed by atoms with E-state index in [1.807, 2.05) is 19.9 Å². The molecule has 0 radical (unpaired) electrons. The van der Waals surface area contributed by atoms with E-state index < -0.39 is 11.7 Å². The first-order valence-electron chi connectivity index (χ1n) is 9.05. The Bertz CT molecular complexity index is 925. The van der Waals surface area contributed by atoms with Crippen molar-refractivity contribution in [3.05, 3.63) is 41.3 Å². The summed E-state index contributed by atoms with van der Waals surface area (Å²) in [5.41, 5.74) is -0.764. The minimum absolute atomic E-state index is 0.00431. The maximum absolute atomic E-state index is 13.1. The van der Waals surface area contributed by atoms with Crippen LogP contribution >= 0.6 is 0 Å². The van der Waals surface area contributed by atoms with Crippen molar-refractivity contribution in [1.82, 2.24) is 15.0 Å². The number of aliphatic hydroxyl groups excluding tert-OH is 1. The Balaban J connectivity index is 1.76. The number of pyridine rings is 1. The molecule has 7 nitrogen and oxygen atoms in total. The molecular formula is C19H21F3N6O. The highest BCUT2D eigenvalue weighted by Crippen LogP contribution is 2.47. The number of anilines is 2. The fraction of sp³-hybridized carbons (Fsp3) is 0.474. The molecule has 1 fully saturated rings. The van der Waals surface area contributed by atoms with Crippen molar-refractivity contribution in [2.45, 2.75) is 39.0 Å². The van der Waals surface area contributed by atoms with Gasteiger partial charge in [0, 0.05) is 37.2 Å². The summed E-state index contributed by atoms with van der Waals surface area (Å²) < 4.78 is 39.3. The monoisotopic (exact) mass is 406 g/mol. The zero-order valence-electron chi connectivity index (χ0n) is 16.0. The zero-order valence-corrected chi connectivity index (χ0v) is 16.0. The van der Waals surface area contributed by atoms with Crippen molar-refractivity contribution in [3.8, 4) is 6.07 Å². The third-order valence-electron chi connectivity index (χ3n) is 5.56. The maximum Gasteiger partial charge on any atom is 0.416 e. The van der Waals surface area contributed by atoms with Gasteiger partial charge in [0.1, 0.15) is 17.5 Å². The van der Waals surface area contributed by atoms with Gasteiger partial charge in [-0.1, -0.05) is 13.8 Å². The van der Waals surface area contributed by atoms with Crippen molar-refractivity contribution in [3.63, 3.8) is 0 Å². The lowest BCUT2D eigenvalue weighted by Crippen LogP contribution is -2.54. The van der Waals surface area contributed by atoms with E-state index in [0.29, 0.717) is 5.82 Å². The molecule has 2 aromatic rings. The molecule has 0 spiro atoms. The van der Waals surface area contributed by atoms with Crippen LogP contribution in [0.1, 0.15) is 37.0 Å². The van der Waals surface area contributed by atoms with Gasteiger partial charge in [-0.2, -0.15) is 23.4 Å². The van der Waals surface area contributed by atoms with E-state index in [1.165, 1.54) is 6.20 Å². The molecule has 0 unspecified atom stereocenters. The minimum Gasteiger partial charge on any atom is -0.396 e. The molecule has 29 heavy (non-hydrogen) atoms. The molecule has 1 aliphatic carbocycles. The van der Waals surface area contributed by atoms with Gasteiger partial charge in [0.05, 0.1) is 11.8 Å². The first-order chi connectivity index (χ1) is 13.7. The summed E-state index contributed by atoms with van der Waals surface area (Å²) in [6.07, 6.45) is -0.207. The van der Waals surface area contributed by atoms with Crippen LogP contribution in [0.3, 0.4) is 0 Å². The van der Waals surface area contributed by atoms with Gasteiger partial charge < -0.3 is 15.7 Å². The molecule has 3 N–H and O–H groups in total. The second-order valence-electron chi connectivity index (χ2n) is 7.59. The molecule has 1 aliphatic rings. The van der Waals surface area contributed by atoms with Crippen molar-refractivity contribution in [2.75, 3.05) is 17.2 Å². The van der Waals surface area contributed by atoms with Gasteiger partial charge in [0.15, 0.2) is 0 Å². The fourth-order valence-corrected chi connectivity index (χ4v) is 3.41. The highest BCUT2D eigenvalue weighted by Gasteiger charge is 2.47. The van der Waals surface area contributed by atoms with Crippen LogP contribution in [0.5, 0.6) is 0 Å². The third-order valence-corrected chi connectivity index (χ3v) is 5.56. The quantitative estimate of drug-likeness (QED) is 0.676. The molecule has 0 saturated heterocycles. The number of nitrogens with zero attached hydrogens (tertiary/aromatic N) is 4. The number of halogens is 3. The number of nitriles is 1. The zero-order chi connectivity index (χ0) is 21.2. The predicted molar refractivity (Wildman–Crippen MR) is 99.7 cm³/mol. The molecule has 10 heteroatoms. The molecule has 2 atom stereocenters. The number of nitrogens with one attached hydrogen (secondary N) is 2. The van der Waals surface area contributed by atoms with Crippen molar-refractivity contribution in [1.29, 1.82) is 5.26 Å². The number of hydrogen-bond acceptors (Lipinski definition) is 7. The van der Waals surface area contributed by atoms with Crippen molar-refractivity contribution < 1.29 is 18.3 Å². The van der Waals surface area contributed by atoms with Crippen LogP contribution in [-0.4, -0.2) is 32.7 Å².